The maximum absolute atomic E-state index is 12.1. The third-order valence-electron chi connectivity index (χ3n) is 3.34. The van der Waals surface area contributed by atoms with Crippen LogP contribution >= 0.6 is 22.9 Å². The van der Waals surface area contributed by atoms with Crippen molar-refractivity contribution in [2.75, 3.05) is 13.2 Å². The fourth-order valence-electron chi connectivity index (χ4n) is 2.21. The van der Waals surface area contributed by atoms with Crippen LogP contribution in [0, 0.1) is 5.92 Å². The first-order valence-corrected chi connectivity index (χ1v) is 8.45. The molecule has 5 nitrogen and oxygen atoms in total. The molecule has 1 unspecified atom stereocenters. The Hall–Kier alpha value is -1.37. The molecule has 0 aliphatic heterocycles. The third kappa shape index (κ3) is 4.56. The van der Waals surface area contributed by atoms with Crippen molar-refractivity contribution in [3.8, 4) is 10.6 Å². The highest BCUT2D eigenvalue weighted by Crippen LogP contribution is 2.31. The zero-order valence-electron chi connectivity index (χ0n) is 12.3. The van der Waals surface area contributed by atoms with Crippen LogP contribution < -0.4 is 5.32 Å². The Morgan fingerprint density at radius 2 is 2.32 bits per heavy atom. The highest BCUT2D eigenvalue weighted by Gasteiger charge is 2.16. The van der Waals surface area contributed by atoms with E-state index in [4.69, 9.17) is 21.2 Å². The lowest BCUT2D eigenvalue weighted by molar-refractivity contribution is 0.0934. The highest BCUT2D eigenvalue weighted by atomic mass is 35.5. The van der Waals surface area contributed by atoms with Crippen LogP contribution in [0.25, 0.3) is 10.6 Å². The molecule has 0 spiro atoms. The van der Waals surface area contributed by atoms with Crippen molar-refractivity contribution < 1.29 is 14.4 Å². The van der Waals surface area contributed by atoms with E-state index in [1.807, 2.05) is 6.07 Å². The number of amides is 1. The largest absolute Gasteiger partial charge is 0.396 e. The molecule has 22 heavy (non-hydrogen) atoms. The summed E-state index contributed by atoms with van der Waals surface area (Å²) in [7, 11) is 0. The Morgan fingerprint density at radius 3 is 2.95 bits per heavy atom. The average Bonchev–Trinajstić information content (AvgIpc) is 3.13. The van der Waals surface area contributed by atoms with Gasteiger partial charge in [0.25, 0.3) is 5.91 Å². The lowest BCUT2D eigenvalue weighted by atomic mass is 10.0. The van der Waals surface area contributed by atoms with Gasteiger partial charge in [0.05, 0.1) is 9.21 Å². The molecular weight excluding hydrogens is 324 g/mol. The summed E-state index contributed by atoms with van der Waals surface area (Å²) in [6, 6.07) is 5.21. The lowest BCUT2D eigenvalue weighted by Crippen LogP contribution is -2.30. The van der Waals surface area contributed by atoms with Crippen molar-refractivity contribution in [1.29, 1.82) is 0 Å². The molecule has 2 aromatic rings. The van der Waals surface area contributed by atoms with Gasteiger partial charge in [0.15, 0.2) is 11.5 Å². The van der Waals surface area contributed by atoms with Gasteiger partial charge >= 0.3 is 0 Å². The van der Waals surface area contributed by atoms with Gasteiger partial charge in [0, 0.05) is 19.2 Å². The summed E-state index contributed by atoms with van der Waals surface area (Å²) >= 11 is 7.25. The molecule has 1 atom stereocenters. The Labute approximate surface area is 138 Å². The molecule has 1 amide bonds. The van der Waals surface area contributed by atoms with E-state index in [1.165, 1.54) is 11.3 Å². The van der Waals surface area contributed by atoms with Gasteiger partial charge < -0.3 is 14.9 Å². The molecule has 0 bridgehead atoms. The zero-order chi connectivity index (χ0) is 15.9. The number of aliphatic hydroxyl groups is 1. The number of carbonyl (C=O) groups excluding carboxylic acids is 1. The number of hydrogen-bond acceptors (Lipinski definition) is 5. The molecule has 0 fully saturated rings. The summed E-state index contributed by atoms with van der Waals surface area (Å²) in [5, 5.41) is 15.7. The number of nitrogens with zero attached hydrogens (tertiary/aromatic N) is 1. The summed E-state index contributed by atoms with van der Waals surface area (Å²) < 4.78 is 5.84. The van der Waals surface area contributed by atoms with Crippen molar-refractivity contribution in [3.63, 3.8) is 0 Å². The van der Waals surface area contributed by atoms with Gasteiger partial charge in [-0.1, -0.05) is 30.1 Å². The number of carbonyl (C=O) groups is 1. The summed E-state index contributed by atoms with van der Waals surface area (Å²) in [6.07, 6.45) is 2.68. The van der Waals surface area contributed by atoms with Gasteiger partial charge in [-0.15, -0.1) is 11.3 Å². The second-order valence-corrected chi connectivity index (χ2v) is 6.77. The van der Waals surface area contributed by atoms with Gasteiger partial charge in [0.2, 0.25) is 0 Å². The van der Waals surface area contributed by atoms with E-state index in [0.29, 0.717) is 23.1 Å². The lowest BCUT2D eigenvalue weighted by Gasteiger charge is -2.14. The highest BCUT2D eigenvalue weighted by molar-refractivity contribution is 7.19. The smallest absolute Gasteiger partial charge is 0.273 e. The average molecular weight is 343 g/mol. The van der Waals surface area contributed by atoms with Crippen molar-refractivity contribution in [2.24, 2.45) is 5.92 Å². The maximum atomic E-state index is 12.1. The van der Waals surface area contributed by atoms with Crippen LogP contribution in [0.5, 0.6) is 0 Å². The molecule has 2 aromatic heterocycles. The van der Waals surface area contributed by atoms with Crippen LogP contribution in [0.2, 0.25) is 4.34 Å². The Bertz CT molecular complexity index is 605. The van der Waals surface area contributed by atoms with Crippen LogP contribution in [0.15, 0.2) is 22.7 Å². The predicted octanol–water partition coefficient (Wildman–Crippen LogP) is 3.59. The van der Waals surface area contributed by atoms with Crippen molar-refractivity contribution >= 4 is 28.8 Å². The summed E-state index contributed by atoms with van der Waals surface area (Å²) in [5.41, 5.74) is 0.249. The molecule has 0 aromatic carbocycles. The minimum atomic E-state index is -0.267. The van der Waals surface area contributed by atoms with E-state index in [9.17, 15) is 4.79 Å². The van der Waals surface area contributed by atoms with Crippen LogP contribution in [0.4, 0.5) is 0 Å². The van der Waals surface area contributed by atoms with Crippen molar-refractivity contribution in [3.05, 3.63) is 28.2 Å². The summed E-state index contributed by atoms with van der Waals surface area (Å²) in [5.74, 6) is 0.542. The first-order valence-electron chi connectivity index (χ1n) is 7.25. The quantitative estimate of drug-likeness (QED) is 0.768. The zero-order valence-corrected chi connectivity index (χ0v) is 13.9. The fourth-order valence-corrected chi connectivity index (χ4v) is 3.20. The molecule has 0 radical (unpaired) electrons. The van der Waals surface area contributed by atoms with Crippen LogP contribution in [0.3, 0.4) is 0 Å². The van der Waals surface area contributed by atoms with E-state index in [0.717, 1.165) is 17.7 Å². The maximum Gasteiger partial charge on any atom is 0.273 e. The minimum absolute atomic E-state index is 0.133. The predicted molar refractivity (Wildman–Crippen MR) is 87.3 cm³/mol. The number of thiophene rings is 1. The molecule has 0 saturated heterocycles. The molecule has 0 saturated carbocycles. The van der Waals surface area contributed by atoms with E-state index >= 15 is 0 Å². The normalized spacial score (nSPS) is 12.3. The second kappa shape index (κ2) is 8.31. The van der Waals surface area contributed by atoms with E-state index < -0.39 is 0 Å². The Kier molecular flexibility index (Phi) is 6.42. The number of rotatable bonds is 8. The number of nitrogens with one attached hydrogen (secondary N) is 1. The van der Waals surface area contributed by atoms with E-state index in [2.05, 4.69) is 17.4 Å². The monoisotopic (exact) mass is 342 g/mol. The standard InChI is InChI=1S/C15H19ClN2O3S/c1-2-3-10(6-7-19)9-17-15(20)11-8-12(21-18-11)13-4-5-14(16)22-13/h4-5,8,10,19H,2-3,6-7,9H2,1H3,(H,17,20). The minimum Gasteiger partial charge on any atom is -0.396 e. The van der Waals surface area contributed by atoms with Crippen LogP contribution in [-0.2, 0) is 0 Å². The molecule has 0 aliphatic rings. The Balaban J connectivity index is 1.94. The van der Waals surface area contributed by atoms with E-state index in [-0.39, 0.29) is 24.1 Å². The molecule has 2 heterocycles. The summed E-state index contributed by atoms with van der Waals surface area (Å²) in [6.45, 7) is 2.75. The van der Waals surface area contributed by atoms with Gasteiger partial charge in [-0.3, -0.25) is 4.79 Å². The first kappa shape index (κ1) is 17.0. The van der Waals surface area contributed by atoms with Crippen LogP contribution in [-0.4, -0.2) is 29.3 Å². The molecule has 7 heteroatoms. The fraction of sp³-hybridized carbons (Fsp3) is 0.467. The van der Waals surface area contributed by atoms with Crippen molar-refractivity contribution in [1.82, 2.24) is 10.5 Å². The molecule has 2 N–H and O–H groups in total. The first-order chi connectivity index (χ1) is 10.6. The third-order valence-corrected chi connectivity index (χ3v) is 4.59. The number of hydrogen-bond donors (Lipinski definition) is 2. The van der Waals surface area contributed by atoms with Crippen molar-refractivity contribution in [2.45, 2.75) is 26.2 Å². The van der Waals surface area contributed by atoms with Gasteiger partial charge in [-0.05, 0) is 30.9 Å². The number of aromatic nitrogens is 1. The molecule has 0 aliphatic carbocycles. The molecule has 2 rings (SSSR count). The summed E-state index contributed by atoms with van der Waals surface area (Å²) in [4.78, 5) is 12.9. The molecule has 120 valence electrons. The SMILES string of the molecule is CCCC(CCO)CNC(=O)c1cc(-c2ccc(Cl)s2)on1. The number of halogens is 1. The van der Waals surface area contributed by atoms with Gasteiger partial charge in [0.1, 0.15) is 0 Å². The topological polar surface area (TPSA) is 75.4 Å². The Morgan fingerprint density at radius 1 is 1.50 bits per heavy atom. The molecular formula is C15H19ClN2O3S. The second-order valence-electron chi connectivity index (χ2n) is 5.06. The van der Waals surface area contributed by atoms with Gasteiger partial charge in [-0.25, -0.2) is 0 Å². The van der Waals surface area contributed by atoms with Crippen LogP contribution in [0.1, 0.15) is 36.7 Å². The van der Waals surface area contributed by atoms with Gasteiger partial charge in [-0.2, -0.15) is 0 Å². The number of aliphatic hydroxyl groups excluding tert-OH is 1. The van der Waals surface area contributed by atoms with E-state index in [1.54, 1.807) is 12.1 Å².